The van der Waals surface area contributed by atoms with Gasteiger partial charge in [-0.15, -0.1) is 11.3 Å². The largest absolute Gasteiger partial charge is 0.491 e. The molecule has 1 aromatic rings. The zero-order valence-corrected chi connectivity index (χ0v) is 13.5. The van der Waals surface area contributed by atoms with Gasteiger partial charge in [0, 0.05) is 16.8 Å². The Bertz CT molecular complexity index is 563. The molecule has 3 N–H and O–H groups in total. The molecule has 0 aliphatic carbocycles. The molecule has 0 bridgehead atoms. The summed E-state index contributed by atoms with van der Waals surface area (Å²) >= 11 is 1.36. The van der Waals surface area contributed by atoms with Crippen LogP contribution in [0.25, 0.3) is 6.08 Å². The van der Waals surface area contributed by atoms with Crippen molar-refractivity contribution >= 4 is 30.5 Å². The van der Waals surface area contributed by atoms with Crippen LogP contribution in [0.1, 0.15) is 42.9 Å². The van der Waals surface area contributed by atoms with E-state index in [4.69, 9.17) is 20.1 Å². The maximum atomic E-state index is 10.9. The predicted octanol–water partition coefficient (Wildman–Crippen LogP) is 2.42. The summed E-state index contributed by atoms with van der Waals surface area (Å²) < 4.78 is 11.9. The third kappa shape index (κ3) is 3.21. The van der Waals surface area contributed by atoms with Crippen LogP contribution in [0, 0.1) is 0 Å². The molecule has 1 fully saturated rings. The Morgan fingerprint density at radius 2 is 1.95 bits per heavy atom. The quantitative estimate of drug-likeness (QED) is 0.835. The van der Waals surface area contributed by atoms with Crippen LogP contribution in [0.5, 0.6) is 0 Å². The number of carbonyl (C=O) groups is 1. The highest BCUT2D eigenvalue weighted by atomic mass is 32.1. The molecule has 1 aliphatic rings. The lowest BCUT2D eigenvalue weighted by Gasteiger charge is -2.32. The van der Waals surface area contributed by atoms with Crippen molar-refractivity contribution in [3.63, 3.8) is 0 Å². The van der Waals surface area contributed by atoms with Gasteiger partial charge in [0.2, 0.25) is 0 Å². The molecule has 0 unspecified atom stereocenters. The van der Waals surface area contributed by atoms with Gasteiger partial charge in [0.1, 0.15) is 0 Å². The molecular formula is C14H20BNO4S. The normalized spacial score (nSPS) is 20.8. The molecule has 7 heteroatoms. The number of hydrogen-bond acceptors (Lipinski definition) is 5. The molecule has 0 aromatic carbocycles. The van der Waals surface area contributed by atoms with Gasteiger partial charge in [0.15, 0.2) is 0 Å². The van der Waals surface area contributed by atoms with Crippen LogP contribution < -0.4 is 5.73 Å². The molecule has 2 heterocycles. The van der Waals surface area contributed by atoms with Gasteiger partial charge in [-0.25, -0.2) is 4.79 Å². The Hall–Kier alpha value is -1.15. The van der Waals surface area contributed by atoms with Gasteiger partial charge < -0.3 is 20.1 Å². The first-order valence-electron chi connectivity index (χ1n) is 6.74. The van der Waals surface area contributed by atoms with Crippen molar-refractivity contribution in [2.75, 3.05) is 6.54 Å². The van der Waals surface area contributed by atoms with Crippen LogP contribution in [0.15, 0.2) is 16.9 Å². The minimum Gasteiger partial charge on any atom is -0.478 e. The third-order valence-corrected chi connectivity index (χ3v) is 4.87. The molecule has 21 heavy (non-hydrogen) atoms. The average molecular weight is 309 g/mol. The Balaban J connectivity index is 2.24. The van der Waals surface area contributed by atoms with Gasteiger partial charge in [0.25, 0.3) is 0 Å². The molecule has 0 amide bonds. The van der Waals surface area contributed by atoms with Crippen LogP contribution in [-0.4, -0.2) is 35.9 Å². The molecule has 0 atom stereocenters. The van der Waals surface area contributed by atoms with Crippen LogP contribution in [-0.2, 0) is 9.31 Å². The van der Waals surface area contributed by atoms with E-state index in [2.05, 4.69) is 0 Å². The second kappa shape index (κ2) is 5.57. The van der Waals surface area contributed by atoms with Crippen molar-refractivity contribution in [2.24, 2.45) is 5.73 Å². The molecule has 1 aliphatic heterocycles. The second-order valence-electron chi connectivity index (χ2n) is 6.05. The van der Waals surface area contributed by atoms with Gasteiger partial charge in [-0.1, -0.05) is 0 Å². The summed E-state index contributed by atoms with van der Waals surface area (Å²) in [5, 5.41) is 10.6. The van der Waals surface area contributed by atoms with Crippen LogP contribution in [0.2, 0.25) is 0 Å². The lowest BCUT2D eigenvalue weighted by molar-refractivity contribution is 0.00578. The summed E-state index contributed by atoms with van der Waals surface area (Å²) in [5.41, 5.74) is 6.03. The molecule has 1 aromatic heterocycles. The average Bonchev–Trinajstić information content (AvgIpc) is 2.90. The molecule has 5 nitrogen and oxygen atoms in total. The fraction of sp³-hybridized carbons (Fsp3) is 0.500. The lowest BCUT2D eigenvalue weighted by Crippen LogP contribution is -2.41. The Kier molecular flexibility index (Phi) is 4.30. The van der Waals surface area contributed by atoms with E-state index < -0.39 is 24.3 Å². The Labute approximate surface area is 128 Å². The summed E-state index contributed by atoms with van der Waals surface area (Å²) in [6.45, 7) is 8.21. The fourth-order valence-corrected chi connectivity index (χ4v) is 2.79. The lowest BCUT2D eigenvalue weighted by atomic mass is 9.77. The first-order valence-corrected chi connectivity index (χ1v) is 7.62. The highest BCUT2D eigenvalue weighted by Gasteiger charge is 2.52. The maximum Gasteiger partial charge on any atom is 0.491 e. The molecular weight excluding hydrogens is 289 g/mol. The molecule has 1 saturated heterocycles. The highest BCUT2D eigenvalue weighted by molar-refractivity contribution is 7.11. The highest BCUT2D eigenvalue weighted by Crippen LogP contribution is 2.38. The standard InChI is InChI=1S/C14H20BNO4S/c1-13(2)14(3,4)20-15(19-13)10(7-16)6-11-5-9(8-21-11)12(17)18/h5-6,8H,7,16H2,1-4H3,(H,17,18). The molecule has 114 valence electrons. The van der Waals surface area contributed by atoms with Crippen LogP contribution in [0.4, 0.5) is 0 Å². The van der Waals surface area contributed by atoms with E-state index in [0.717, 1.165) is 10.3 Å². The van der Waals surface area contributed by atoms with Gasteiger partial charge in [0.05, 0.1) is 16.8 Å². The zero-order valence-electron chi connectivity index (χ0n) is 12.7. The summed E-state index contributed by atoms with van der Waals surface area (Å²) in [7, 11) is -0.504. The summed E-state index contributed by atoms with van der Waals surface area (Å²) in [5.74, 6) is -0.934. The minimum atomic E-state index is -0.934. The van der Waals surface area contributed by atoms with Crippen LogP contribution in [0.3, 0.4) is 0 Å². The number of thiophene rings is 1. The maximum absolute atomic E-state index is 10.9. The Morgan fingerprint density at radius 1 is 1.38 bits per heavy atom. The number of nitrogens with two attached hydrogens (primary N) is 1. The summed E-state index contributed by atoms with van der Waals surface area (Å²) in [6, 6.07) is 1.62. The SMILES string of the molecule is CC1(C)OB(C(=Cc2cc(C(=O)O)cs2)CN)OC1(C)C. The predicted molar refractivity (Wildman–Crippen MR) is 84.4 cm³/mol. The monoisotopic (exact) mass is 309 g/mol. The number of hydrogen-bond donors (Lipinski definition) is 2. The van der Waals surface area contributed by atoms with E-state index in [9.17, 15) is 4.79 Å². The van der Waals surface area contributed by atoms with E-state index in [-0.39, 0.29) is 12.1 Å². The molecule has 0 radical (unpaired) electrons. The number of aromatic carboxylic acids is 1. The molecule has 0 saturated carbocycles. The van der Waals surface area contributed by atoms with Gasteiger partial charge in [-0.3, -0.25) is 0 Å². The Morgan fingerprint density at radius 3 is 2.38 bits per heavy atom. The van der Waals surface area contributed by atoms with E-state index in [0.29, 0.717) is 0 Å². The van der Waals surface area contributed by atoms with Gasteiger partial charge >= 0.3 is 13.1 Å². The van der Waals surface area contributed by atoms with Gasteiger partial charge in [-0.05, 0) is 45.3 Å². The number of rotatable bonds is 4. The van der Waals surface area contributed by atoms with Gasteiger partial charge in [-0.2, -0.15) is 0 Å². The van der Waals surface area contributed by atoms with E-state index in [1.165, 1.54) is 11.3 Å². The summed E-state index contributed by atoms with van der Waals surface area (Å²) in [4.78, 5) is 11.7. The van der Waals surface area contributed by atoms with Crippen molar-refractivity contribution in [1.82, 2.24) is 0 Å². The molecule has 2 rings (SSSR count). The molecule has 0 spiro atoms. The topological polar surface area (TPSA) is 81.8 Å². The number of carboxylic acids is 1. The first-order chi connectivity index (χ1) is 9.66. The smallest absolute Gasteiger partial charge is 0.478 e. The van der Waals surface area contributed by atoms with Crippen molar-refractivity contribution in [3.05, 3.63) is 27.4 Å². The minimum absolute atomic E-state index is 0.275. The van der Waals surface area contributed by atoms with E-state index in [1.807, 2.05) is 33.8 Å². The van der Waals surface area contributed by atoms with Crippen molar-refractivity contribution < 1.29 is 19.2 Å². The van der Waals surface area contributed by atoms with Crippen molar-refractivity contribution in [3.8, 4) is 0 Å². The second-order valence-corrected chi connectivity index (χ2v) is 7.00. The first kappa shape index (κ1) is 16.2. The zero-order chi connectivity index (χ0) is 15.8. The third-order valence-electron chi connectivity index (χ3n) is 3.99. The fourth-order valence-electron chi connectivity index (χ4n) is 1.94. The summed E-state index contributed by atoms with van der Waals surface area (Å²) in [6.07, 6.45) is 1.85. The number of carboxylic acid groups (broad SMARTS) is 1. The van der Waals surface area contributed by atoms with Crippen LogP contribution >= 0.6 is 11.3 Å². The van der Waals surface area contributed by atoms with Crippen molar-refractivity contribution in [2.45, 2.75) is 38.9 Å². The van der Waals surface area contributed by atoms with Crippen molar-refractivity contribution in [1.29, 1.82) is 0 Å². The van der Waals surface area contributed by atoms with E-state index in [1.54, 1.807) is 11.4 Å². The van der Waals surface area contributed by atoms with E-state index >= 15 is 0 Å².